The minimum atomic E-state index is -0.588. The molecule has 108 valence electrons. The topological polar surface area (TPSA) is 80.3 Å². The van der Waals surface area contributed by atoms with E-state index in [-0.39, 0.29) is 5.69 Å². The van der Waals surface area contributed by atoms with Crippen molar-refractivity contribution in [3.63, 3.8) is 0 Å². The Kier molecular flexibility index (Phi) is 4.73. The molecule has 1 aromatic heterocycles. The van der Waals surface area contributed by atoms with Gasteiger partial charge in [-0.05, 0) is 30.3 Å². The van der Waals surface area contributed by atoms with E-state index in [4.69, 9.17) is 11.6 Å². The van der Waals surface area contributed by atoms with Crippen molar-refractivity contribution in [3.8, 4) is 0 Å². The predicted molar refractivity (Wildman–Crippen MR) is 79.7 cm³/mol. The number of methoxy groups -OCH3 is 1. The summed E-state index contributed by atoms with van der Waals surface area (Å²) in [5.74, 6) is -0.396. The number of amides is 2. The highest BCUT2D eigenvalue weighted by atomic mass is 35.5. The second-order valence-electron chi connectivity index (χ2n) is 4.01. The second-order valence-corrected chi connectivity index (χ2v) is 4.45. The van der Waals surface area contributed by atoms with Crippen molar-refractivity contribution in [3.05, 3.63) is 53.3 Å². The van der Waals surface area contributed by atoms with Gasteiger partial charge in [0.2, 0.25) is 0 Å². The van der Waals surface area contributed by atoms with Gasteiger partial charge >= 0.3 is 6.09 Å². The lowest BCUT2D eigenvalue weighted by Crippen LogP contribution is -2.14. The molecule has 0 spiro atoms. The Hall–Kier alpha value is -2.60. The zero-order chi connectivity index (χ0) is 15.2. The van der Waals surface area contributed by atoms with Crippen molar-refractivity contribution >= 4 is 35.0 Å². The molecule has 1 heterocycles. The molecule has 21 heavy (non-hydrogen) atoms. The molecule has 0 fully saturated rings. The summed E-state index contributed by atoms with van der Waals surface area (Å²) in [6, 6.07) is 9.69. The molecular formula is C14H12ClN3O3. The number of nitrogens with zero attached hydrogens (tertiary/aromatic N) is 1. The molecule has 0 bridgehead atoms. The van der Waals surface area contributed by atoms with Crippen LogP contribution in [0.1, 0.15) is 10.5 Å². The van der Waals surface area contributed by atoms with Gasteiger partial charge in [0.25, 0.3) is 5.91 Å². The lowest BCUT2D eigenvalue weighted by Gasteiger charge is -2.08. The first kappa shape index (κ1) is 14.8. The van der Waals surface area contributed by atoms with Gasteiger partial charge in [-0.15, -0.1) is 0 Å². The SMILES string of the molecule is COC(=O)Nc1cccc(NC(=O)c2cc(Cl)ccn2)c1. The van der Waals surface area contributed by atoms with Crippen molar-refractivity contribution in [2.45, 2.75) is 0 Å². The number of carbonyl (C=O) groups is 2. The molecule has 1 aromatic carbocycles. The Labute approximate surface area is 126 Å². The number of ether oxygens (including phenoxy) is 1. The molecule has 2 aromatic rings. The zero-order valence-corrected chi connectivity index (χ0v) is 11.8. The van der Waals surface area contributed by atoms with Crippen LogP contribution in [0.2, 0.25) is 5.02 Å². The van der Waals surface area contributed by atoms with Gasteiger partial charge in [0.05, 0.1) is 7.11 Å². The van der Waals surface area contributed by atoms with Crippen molar-refractivity contribution in [1.82, 2.24) is 4.98 Å². The van der Waals surface area contributed by atoms with E-state index < -0.39 is 12.0 Å². The summed E-state index contributed by atoms with van der Waals surface area (Å²) in [7, 11) is 1.27. The van der Waals surface area contributed by atoms with Crippen molar-refractivity contribution in [1.29, 1.82) is 0 Å². The monoisotopic (exact) mass is 305 g/mol. The van der Waals surface area contributed by atoms with Crippen molar-refractivity contribution < 1.29 is 14.3 Å². The van der Waals surface area contributed by atoms with E-state index >= 15 is 0 Å². The number of aromatic nitrogens is 1. The fourth-order valence-corrected chi connectivity index (χ4v) is 1.73. The maximum Gasteiger partial charge on any atom is 0.411 e. The first-order valence-electron chi connectivity index (χ1n) is 5.96. The number of hydrogen-bond acceptors (Lipinski definition) is 4. The third kappa shape index (κ3) is 4.19. The summed E-state index contributed by atoms with van der Waals surface area (Å²) < 4.78 is 4.50. The minimum Gasteiger partial charge on any atom is -0.453 e. The number of hydrogen-bond donors (Lipinski definition) is 2. The molecule has 2 amide bonds. The number of anilines is 2. The average Bonchev–Trinajstić information content (AvgIpc) is 2.47. The summed E-state index contributed by atoms with van der Waals surface area (Å²) in [6.07, 6.45) is 0.863. The Morgan fingerprint density at radius 2 is 1.86 bits per heavy atom. The van der Waals surface area contributed by atoms with Crippen molar-refractivity contribution in [2.24, 2.45) is 0 Å². The summed E-state index contributed by atoms with van der Waals surface area (Å²) in [5, 5.41) is 5.60. The molecule has 0 unspecified atom stereocenters. The molecule has 7 heteroatoms. The largest absolute Gasteiger partial charge is 0.453 e. The van der Waals surface area contributed by atoms with Crippen LogP contribution in [0.5, 0.6) is 0 Å². The van der Waals surface area contributed by atoms with Crippen molar-refractivity contribution in [2.75, 3.05) is 17.7 Å². The Morgan fingerprint density at radius 3 is 2.52 bits per heavy atom. The van der Waals surface area contributed by atoms with Gasteiger partial charge in [-0.25, -0.2) is 4.79 Å². The Bertz CT molecular complexity index is 676. The van der Waals surface area contributed by atoms with Gasteiger partial charge in [0, 0.05) is 22.6 Å². The van der Waals surface area contributed by atoms with Crippen LogP contribution in [0.15, 0.2) is 42.6 Å². The van der Waals surface area contributed by atoms with E-state index in [1.165, 1.54) is 19.4 Å². The van der Waals surface area contributed by atoms with Crippen LogP contribution in [0, 0.1) is 0 Å². The summed E-state index contributed by atoms with van der Waals surface area (Å²) in [4.78, 5) is 27.1. The zero-order valence-electron chi connectivity index (χ0n) is 11.1. The van der Waals surface area contributed by atoms with Crippen LogP contribution in [-0.2, 0) is 4.74 Å². The molecule has 0 saturated carbocycles. The fraction of sp³-hybridized carbons (Fsp3) is 0.0714. The number of nitrogens with one attached hydrogen (secondary N) is 2. The number of pyridine rings is 1. The number of rotatable bonds is 3. The lowest BCUT2D eigenvalue weighted by atomic mass is 10.2. The molecule has 2 rings (SSSR count). The van der Waals surface area contributed by atoms with Gasteiger partial charge in [-0.2, -0.15) is 0 Å². The number of carbonyl (C=O) groups excluding carboxylic acids is 2. The predicted octanol–water partition coefficient (Wildman–Crippen LogP) is 3.17. The maximum absolute atomic E-state index is 12.0. The molecule has 0 radical (unpaired) electrons. The second kappa shape index (κ2) is 6.71. The third-order valence-corrected chi connectivity index (χ3v) is 2.74. The molecule has 0 atom stereocenters. The highest BCUT2D eigenvalue weighted by molar-refractivity contribution is 6.30. The van der Waals surface area contributed by atoms with E-state index in [1.807, 2.05) is 0 Å². The van der Waals surface area contributed by atoms with Gasteiger partial charge in [-0.3, -0.25) is 15.1 Å². The van der Waals surface area contributed by atoms with E-state index in [0.717, 1.165) is 0 Å². The first-order chi connectivity index (χ1) is 10.1. The molecule has 0 aliphatic carbocycles. The normalized spacial score (nSPS) is 9.81. The summed E-state index contributed by atoms with van der Waals surface area (Å²) in [5.41, 5.74) is 1.21. The van der Waals surface area contributed by atoms with E-state index in [2.05, 4.69) is 20.4 Å². The van der Waals surface area contributed by atoms with Crippen LogP contribution in [-0.4, -0.2) is 24.1 Å². The van der Waals surface area contributed by atoms with Gasteiger partial charge in [-0.1, -0.05) is 17.7 Å². The number of benzene rings is 1. The fourth-order valence-electron chi connectivity index (χ4n) is 1.57. The average molecular weight is 306 g/mol. The summed E-state index contributed by atoms with van der Waals surface area (Å²) >= 11 is 5.81. The molecule has 0 aliphatic rings. The highest BCUT2D eigenvalue weighted by Gasteiger charge is 2.09. The molecule has 6 nitrogen and oxygen atoms in total. The lowest BCUT2D eigenvalue weighted by molar-refractivity contribution is 0.102. The van der Waals surface area contributed by atoms with Gasteiger partial charge in [0.15, 0.2) is 0 Å². The van der Waals surface area contributed by atoms with E-state index in [0.29, 0.717) is 16.4 Å². The molecule has 0 aliphatic heterocycles. The number of halogens is 1. The quantitative estimate of drug-likeness (QED) is 0.912. The minimum absolute atomic E-state index is 0.203. The Morgan fingerprint density at radius 1 is 1.14 bits per heavy atom. The first-order valence-corrected chi connectivity index (χ1v) is 6.34. The van der Waals surface area contributed by atoms with Crippen LogP contribution >= 0.6 is 11.6 Å². The smallest absolute Gasteiger partial charge is 0.411 e. The Balaban J connectivity index is 2.11. The van der Waals surface area contributed by atoms with Gasteiger partial charge in [0.1, 0.15) is 5.69 Å². The van der Waals surface area contributed by atoms with Crippen LogP contribution in [0.25, 0.3) is 0 Å². The van der Waals surface area contributed by atoms with Gasteiger partial charge < -0.3 is 10.1 Å². The molecule has 2 N–H and O–H groups in total. The van der Waals surface area contributed by atoms with Crippen LogP contribution in [0.4, 0.5) is 16.2 Å². The van der Waals surface area contributed by atoms with Crippen LogP contribution < -0.4 is 10.6 Å². The molecule has 0 saturated heterocycles. The molecular weight excluding hydrogens is 294 g/mol. The maximum atomic E-state index is 12.0. The van der Waals surface area contributed by atoms with E-state index in [9.17, 15) is 9.59 Å². The summed E-state index contributed by atoms with van der Waals surface area (Å²) in [6.45, 7) is 0. The van der Waals surface area contributed by atoms with Crippen LogP contribution in [0.3, 0.4) is 0 Å². The highest BCUT2D eigenvalue weighted by Crippen LogP contribution is 2.16. The van der Waals surface area contributed by atoms with E-state index in [1.54, 1.807) is 30.3 Å². The third-order valence-electron chi connectivity index (χ3n) is 2.51. The standard InChI is InChI=1S/C14H12ClN3O3/c1-21-14(20)18-11-4-2-3-10(8-11)17-13(19)12-7-9(15)5-6-16-12/h2-8H,1H3,(H,17,19)(H,18,20).